The van der Waals surface area contributed by atoms with Gasteiger partial charge in [0.05, 0.1) is 5.54 Å². The Kier molecular flexibility index (Phi) is 3.53. The molecular formula is C17H21N. The molecule has 0 radical (unpaired) electrons. The average Bonchev–Trinajstić information content (AvgIpc) is 2.39. The minimum absolute atomic E-state index is 0.387. The third kappa shape index (κ3) is 2.32. The lowest BCUT2D eigenvalue weighted by atomic mass is 9.81. The Morgan fingerprint density at radius 3 is 1.39 bits per heavy atom. The third-order valence-electron chi connectivity index (χ3n) is 3.69. The van der Waals surface area contributed by atoms with Crippen molar-refractivity contribution in [2.75, 3.05) is 0 Å². The zero-order chi connectivity index (χ0) is 13.2. The largest absolute Gasteiger partial charge is 0.318 e. The number of rotatable bonds is 3. The molecular weight excluding hydrogens is 218 g/mol. The van der Waals surface area contributed by atoms with Crippen LogP contribution >= 0.6 is 0 Å². The van der Waals surface area contributed by atoms with Gasteiger partial charge in [0.1, 0.15) is 0 Å². The van der Waals surface area contributed by atoms with E-state index in [-0.39, 0.29) is 5.54 Å². The van der Waals surface area contributed by atoms with Crippen LogP contribution in [0.15, 0.2) is 48.5 Å². The molecule has 0 unspecified atom stereocenters. The molecule has 18 heavy (non-hydrogen) atoms. The summed E-state index contributed by atoms with van der Waals surface area (Å²) < 4.78 is 0. The molecule has 0 aliphatic rings. The van der Waals surface area contributed by atoms with Crippen LogP contribution < -0.4 is 5.73 Å². The van der Waals surface area contributed by atoms with Crippen molar-refractivity contribution < 1.29 is 0 Å². The first-order valence-electron chi connectivity index (χ1n) is 6.49. The molecule has 0 spiro atoms. The fourth-order valence-corrected chi connectivity index (χ4v) is 2.28. The van der Waals surface area contributed by atoms with E-state index in [9.17, 15) is 0 Å². The predicted octanol–water partition coefficient (Wildman–Crippen LogP) is 3.92. The predicted molar refractivity (Wildman–Crippen MR) is 77.6 cm³/mol. The summed E-state index contributed by atoms with van der Waals surface area (Å²) >= 11 is 0. The Hall–Kier alpha value is -1.60. The van der Waals surface area contributed by atoms with E-state index in [0.29, 0.717) is 0 Å². The van der Waals surface area contributed by atoms with Gasteiger partial charge in [-0.25, -0.2) is 0 Å². The van der Waals surface area contributed by atoms with E-state index in [0.717, 1.165) is 6.42 Å². The van der Waals surface area contributed by atoms with E-state index < -0.39 is 0 Å². The lowest BCUT2D eigenvalue weighted by Gasteiger charge is -2.29. The van der Waals surface area contributed by atoms with Crippen molar-refractivity contribution in [3.63, 3.8) is 0 Å². The zero-order valence-electron chi connectivity index (χ0n) is 11.4. The van der Waals surface area contributed by atoms with Crippen LogP contribution in [0.3, 0.4) is 0 Å². The highest BCUT2D eigenvalue weighted by Crippen LogP contribution is 2.30. The standard InChI is InChI=1S/C17H21N/c1-4-17(18,15-9-5-13(2)6-10-15)16-11-7-14(3)8-12-16/h5-12H,4,18H2,1-3H3. The first-order chi connectivity index (χ1) is 8.56. The monoisotopic (exact) mass is 239 g/mol. The van der Waals surface area contributed by atoms with Crippen LogP contribution in [0.1, 0.15) is 35.6 Å². The molecule has 0 aromatic heterocycles. The van der Waals surface area contributed by atoms with Gasteiger partial charge in [-0.15, -0.1) is 0 Å². The molecule has 0 heterocycles. The molecule has 2 aromatic rings. The van der Waals surface area contributed by atoms with Gasteiger partial charge >= 0.3 is 0 Å². The highest BCUT2D eigenvalue weighted by molar-refractivity contribution is 5.39. The minimum atomic E-state index is -0.387. The summed E-state index contributed by atoms with van der Waals surface area (Å²) in [6.45, 7) is 6.33. The number of aryl methyl sites for hydroxylation is 2. The van der Waals surface area contributed by atoms with Crippen molar-refractivity contribution in [1.82, 2.24) is 0 Å². The molecule has 2 aromatic carbocycles. The topological polar surface area (TPSA) is 26.0 Å². The normalized spacial score (nSPS) is 11.6. The van der Waals surface area contributed by atoms with Crippen LogP contribution in [0.4, 0.5) is 0 Å². The summed E-state index contributed by atoms with van der Waals surface area (Å²) in [4.78, 5) is 0. The van der Waals surface area contributed by atoms with Crippen LogP contribution in [0.2, 0.25) is 0 Å². The Morgan fingerprint density at radius 2 is 1.11 bits per heavy atom. The second kappa shape index (κ2) is 4.95. The third-order valence-corrected chi connectivity index (χ3v) is 3.69. The van der Waals surface area contributed by atoms with E-state index in [1.165, 1.54) is 22.3 Å². The van der Waals surface area contributed by atoms with Crippen molar-refractivity contribution in [3.8, 4) is 0 Å². The summed E-state index contributed by atoms with van der Waals surface area (Å²) in [5.41, 5.74) is 11.1. The molecule has 0 bridgehead atoms. The fraction of sp³-hybridized carbons (Fsp3) is 0.294. The molecule has 0 saturated heterocycles. The molecule has 0 amide bonds. The summed E-state index contributed by atoms with van der Waals surface area (Å²) in [6.07, 6.45) is 0.888. The van der Waals surface area contributed by atoms with Gasteiger partial charge in [0, 0.05) is 0 Å². The second-order valence-electron chi connectivity index (χ2n) is 5.06. The van der Waals surface area contributed by atoms with E-state index in [2.05, 4.69) is 69.3 Å². The van der Waals surface area contributed by atoms with Crippen LogP contribution in [0.5, 0.6) is 0 Å². The SMILES string of the molecule is CCC(N)(c1ccc(C)cc1)c1ccc(C)cc1. The number of benzene rings is 2. The zero-order valence-corrected chi connectivity index (χ0v) is 11.4. The van der Waals surface area contributed by atoms with Gasteiger partial charge in [-0.1, -0.05) is 66.6 Å². The Morgan fingerprint density at radius 1 is 0.778 bits per heavy atom. The van der Waals surface area contributed by atoms with Crippen molar-refractivity contribution >= 4 is 0 Å². The molecule has 2 N–H and O–H groups in total. The maximum atomic E-state index is 6.64. The first kappa shape index (κ1) is 12.8. The Bertz CT molecular complexity index is 463. The Labute approximate surface area is 110 Å². The first-order valence-corrected chi connectivity index (χ1v) is 6.49. The van der Waals surface area contributed by atoms with Gasteiger partial charge in [0.2, 0.25) is 0 Å². The molecule has 0 atom stereocenters. The van der Waals surface area contributed by atoms with Crippen LogP contribution in [-0.2, 0) is 5.54 Å². The van der Waals surface area contributed by atoms with Crippen molar-refractivity contribution in [3.05, 3.63) is 70.8 Å². The number of hydrogen-bond acceptors (Lipinski definition) is 1. The summed E-state index contributed by atoms with van der Waals surface area (Å²) in [7, 11) is 0. The van der Waals surface area contributed by atoms with E-state index in [1.54, 1.807) is 0 Å². The van der Waals surface area contributed by atoms with E-state index in [4.69, 9.17) is 5.73 Å². The van der Waals surface area contributed by atoms with Crippen molar-refractivity contribution in [1.29, 1.82) is 0 Å². The average molecular weight is 239 g/mol. The van der Waals surface area contributed by atoms with Gasteiger partial charge in [-0.05, 0) is 31.4 Å². The quantitative estimate of drug-likeness (QED) is 0.863. The van der Waals surface area contributed by atoms with Gasteiger partial charge in [-0.3, -0.25) is 0 Å². The summed E-state index contributed by atoms with van der Waals surface area (Å²) in [5.74, 6) is 0. The van der Waals surface area contributed by atoms with Gasteiger partial charge in [0.15, 0.2) is 0 Å². The molecule has 0 aliphatic heterocycles. The molecule has 2 rings (SSSR count). The smallest absolute Gasteiger partial charge is 0.0662 e. The van der Waals surface area contributed by atoms with E-state index >= 15 is 0 Å². The fourth-order valence-electron chi connectivity index (χ4n) is 2.28. The second-order valence-corrected chi connectivity index (χ2v) is 5.06. The van der Waals surface area contributed by atoms with Gasteiger partial charge < -0.3 is 5.73 Å². The lowest BCUT2D eigenvalue weighted by molar-refractivity contribution is 0.519. The highest BCUT2D eigenvalue weighted by atomic mass is 14.7. The van der Waals surface area contributed by atoms with Crippen LogP contribution in [-0.4, -0.2) is 0 Å². The number of hydrogen-bond donors (Lipinski definition) is 1. The van der Waals surface area contributed by atoms with Gasteiger partial charge in [0.25, 0.3) is 0 Å². The van der Waals surface area contributed by atoms with Gasteiger partial charge in [-0.2, -0.15) is 0 Å². The summed E-state index contributed by atoms with van der Waals surface area (Å²) in [5, 5.41) is 0. The van der Waals surface area contributed by atoms with Crippen LogP contribution in [0.25, 0.3) is 0 Å². The maximum absolute atomic E-state index is 6.64. The van der Waals surface area contributed by atoms with Crippen LogP contribution in [0, 0.1) is 13.8 Å². The molecule has 1 heteroatoms. The molecule has 0 aliphatic carbocycles. The maximum Gasteiger partial charge on any atom is 0.0662 e. The Balaban J connectivity index is 2.47. The highest BCUT2D eigenvalue weighted by Gasteiger charge is 2.27. The van der Waals surface area contributed by atoms with Crippen molar-refractivity contribution in [2.45, 2.75) is 32.7 Å². The van der Waals surface area contributed by atoms with E-state index in [1.807, 2.05) is 0 Å². The minimum Gasteiger partial charge on any atom is -0.318 e. The molecule has 0 saturated carbocycles. The molecule has 94 valence electrons. The molecule has 0 fully saturated rings. The number of nitrogens with two attached hydrogens (primary N) is 1. The molecule has 1 nitrogen and oxygen atoms in total. The van der Waals surface area contributed by atoms with Crippen molar-refractivity contribution in [2.24, 2.45) is 5.73 Å². The lowest BCUT2D eigenvalue weighted by Crippen LogP contribution is -2.37. The summed E-state index contributed by atoms with van der Waals surface area (Å²) in [6, 6.07) is 17.1.